The third-order valence-electron chi connectivity index (χ3n) is 4.40. The third kappa shape index (κ3) is 4.05. The van der Waals surface area contributed by atoms with E-state index in [1.54, 1.807) is 6.33 Å². The van der Waals surface area contributed by atoms with Gasteiger partial charge in [-0.25, -0.2) is 9.67 Å². The molecule has 2 rings (SSSR count). The van der Waals surface area contributed by atoms with Gasteiger partial charge >= 0.3 is 0 Å². The van der Waals surface area contributed by atoms with Crippen LogP contribution in [0.3, 0.4) is 0 Å². The molecule has 2 atom stereocenters. The molecule has 1 aromatic rings. The highest BCUT2D eigenvalue weighted by Crippen LogP contribution is 2.26. The zero-order valence-corrected chi connectivity index (χ0v) is 13.3. The predicted octanol–water partition coefficient (Wildman–Crippen LogP) is 3.35. The van der Waals surface area contributed by atoms with Crippen LogP contribution in [0, 0.1) is 5.92 Å². The number of hydrogen-bond acceptors (Lipinski definition) is 3. The van der Waals surface area contributed by atoms with Crippen molar-refractivity contribution < 1.29 is 0 Å². The molecule has 1 fully saturated rings. The van der Waals surface area contributed by atoms with Gasteiger partial charge in [0.2, 0.25) is 0 Å². The van der Waals surface area contributed by atoms with E-state index in [0.717, 1.165) is 18.8 Å². The fourth-order valence-electron chi connectivity index (χ4n) is 3.31. The van der Waals surface area contributed by atoms with Gasteiger partial charge < -0.3 is 5.32 Å². The van der Waals surface area contributed by atoms with Gasteiger partial charge in [-0.15, -0.1) is 0 Å². The summed E-state index contributed by atoms with van der Waals surface area (Å²) in [5, 5.41) is 8.14. The number of hydrogen-bond donors (Lipinski definition) is 1. The van der Waals surface area contributed by atoms with Crippen LogP contribution in [0.5, 0.6) is 0 Å². The SMILES string of the molecule is CCCNC1CCCCCC1Cc1ncnn1C(C)C. The summed E-state index contributed by atoms with van der Waals surface area (Å²) in [4.78, 5) is 4.50. The van der Waals surface area contributed by atoms with Crippen molar-refractivity contribution in [2.75, 3.05) is 6.54 Å². The lowest BCUT2D eigenvalue weighted by Gasteiger charge is -2.26. The van der Waals surface area contributed by atoms with E-state index in [1.807, 2.05) is 0 Å². The normalized spacial score (nSPS) is 24.0. The molecule has 1 aliphatic rings. The molecule has 20 heavy (non-hydrogen) atoms. The van der Waals surface area contributed by atoms with Crippen LogP contribution in [-0.2, 0) is 6.42 Å². The summed E-state index contributed by atoms with van der Waals surface area (Å²) >= 11 is 0. The number of nitrogens with zero attached hydrogens (tertiary/aromatic N) is 3. The quantitative estimate of drug-likeness (QED) is 0.811. The summed E-state index contributed by atoms with van der Waals surface area (Å²) in [6.07, 6.45) is 10.8. The topological polar surface area (TPSA) is 42.7 Å². The van der Waals surface area contributed by atoms with Crippen molar-refractivity contribution in [3.63, 3.8) is 0 Å². The maximum atomic E-state index is 4.50. The summed E-state index contributed by atoms with van der Waals surface area (Å²) < 4.78 is 2.09. The largest absolute Gasteiger partial charge is 0.314 e. The maximum Gasteiger partial charge on any atom is 0.138 e. The Bertz CT molecular complexity index is 386. The number of rotatable bonds is 6. The van der Waals surface area contributed by atoms with Gasteiger partial charge in [-0.1, -0.05) is 26.2 Å². The van der Waals surface area contributed by atoms with Crippen molar-refractivity contribution in [2.45, 2.75) is 77.8 Å². The summed E-state index contributed by atoms with van der Waals surface area (Å²) in [6, 6.07) is 1.06. The van der Waals surface area contributed by atoms with Gasteiger partial charge in [-0.05, 0) is 45.6 Å². The van der Waals surface area contributed by atoms with Crippen molar-refractivity contribution in [1.29, 1.82) is 0 Å². The lowest BCUT2D eigenvalue weighted by Crippen LogP contribution is -2.37. The Kier molecular flexibility index (Phi) is 6.02. The first-order valence-corrected chi connectivity index (χ1v) is 8.34. The van der Waals surface area contributed by atoms with Crippen LogP contribution in [0.1, 0.15) is 71.2 Å². The van der Waals surface area contributed by atoms with Crippen LogP contribution in [0.2, 0.25) is 0 Å². The molecule has 1 aromatic heterocycles. The van der Waals surface area contributed by atoms with E-state index in [4.69, 9.17) is 0 Å². The molecule has 0 amide bonds. The van der Waals surface area contributed by atoms with Gasteiger partial charge in [0.15, 0.2) is 0 Å². The summed E-state index contributed by atoms with van der Waals surface area (Å²) in [5.74, 6) is 1.88. The minimum Gasteiger partial charge on any atom is -0.314 e. The smallest absolute Gasteiger partial charge is 0.138 e. The Labute approximate surface area is 123 Å². The average molecular weight is 278 g/mol. The molecule has 4 nitrogen and oxygen atoms in total. The molecule has 1 saturated carbocycles. The van der Waals surface area contributed by atoms with Gasteiger partial charge in [-0.2, -0.15) is 5.10 Å². The van der Waals surface area contributed by atoms with Crippen molar-refractivity contribution >= 4 is 0 Å². The van der Waals surface area contributed by atoms with Gasteiger partial charge in [0, 0.05) is 18.5 Å². The fraction of sp³-hybridized carbons (Fsp3) is 0.875. The Morgan fingerprint density at radius 3 is 2.85 bits per heavy atom. The zero-order chi connectivity index (χ0) is 14.4. The Hall–Kier alpha value is -0.900. The van der Waals surface area contributed by atoms with E-state index in [0.29, 0.717) is 18.0 Å². The monoisotopic (exact) mass is 278 g/mol. The second-order valence-corrected chi connectivity index (χ2v) is 6.38. The van der Waals surface area contributed by atoms with E-state index in [1.165, 1.54) is 38.5 Å². The van der Waals surface area contributed by atoms with Gasteiger partial charge in [0.1, 0.15) is 12.2 Å². The molecule has 1 N–H and O–H groups in total. The molecule has 1 heterocycles. The van der Waals surface area contributed by atoms with E-state index in [2.05, 4.69) is 40.9 Å². The van der Waals surface area contributed by atoms with E-state index in [-0.39, 0.29) is 0 Å². The second-order valence-electron chi connectivity index (χ2n) is 6.38. The molecular weight excluding hydrogens is 248 g/mol. The molecule has 0 spiro atoms. The highest BCUT2D eigenvalue weighted by molar-refractivity contribution is 4.93. The molecule has 2 unspecified atom stereocenters. The molecule has 0 aliphatic heterocycles. The summed E-state index contributed by atoms with van der Waals surface area (Å²) in [7, 11) is 0. The molecule has 114 valence electrons. The van der Waals surface area contributed by atoms with E-state index < -0.39 is 0 Å². The maximum absolute atomic E-state index is 4.50. The van der Waals surface area contributed by atoms with E-state index in [9.17, 15) is 0 Å². The molecule has 0 aromatic carbocycles. The predicted molar refractivity (Wildman–Crippen MR) is 82.8 cm³/mol. The fourth-order valence-corrected chi connectivity index (χ4v) is 3.31. The van der Waals surface area contributed by atoms with Gasteiger partial charge in [0.25, 0.3) is 0 Å². The average Bonchev–Trinajstić information content (AvgIpc) is 2.78. The highest BCUT2D eigenvalue weighted by atomic mass is 15.3. The Morgan fingerprint density at radius 2 is 2.10 bits per heavy atom. The molecule has 0 saturated heterocycles. The van der Waals surface area contributed by atoms with Gasteiger partial charge in [0.05, 0.1) is 0 Å². The first-order chi connectivity index (χ1) is 9.72. The molecule has 1 aliphatic carbocycles. The van der Waals surface area contributed by atoms with Crippen LogP contribution < -0.4 is 5.32 Å². The van der Waals surface area contributed by atoms with Crippen molar-refractivity contribution in [3.8, 4) is 0 Å². The standard InChI is InChI=1S/C16H30N4/c1-4-10-17-15-9-7-5-6-8-14(15)11-16-18-12-19-20(16)13(2)3/h12-15,17H,4-11H2,1-3H3. The minimum absolute atomic E-state index is 0.403. The first-order valence-electron chi connectivity index (χ1n) is 8.34. The van der Waals surface area contributed by atoms with Crippen molar-refractivity contribution in [1.82, 2.24) is 20.1 Å². The Balaban J connectivity index is 2.04. The van der Waals surface area contributed by atoms with Crippen LogP contribution in [0.4, 0.5) is 0 Å². The van der Waals surface area contributed by atoms with Crippen molar-refractivity contribution in [2.24, 2.45) is 5.92 Å². The first kappa shape index (κ1) is 15.5. The van der Waals surface area contributed by atoms with Crippen molar-refractivity contribution in [3.05, 3.63) is 12.2 Å². The third-order valence-corrected chi connectivity index (χ3v) is 4.40. The summed E-state index contributed by atoms with van der Waals surface area (Å²) in [5.41, 5.74) is 0. The minimum atomic E-state index is 0.403. The van der Waals surface area contributed by atoms with Gasteiger partial charge in [-0.3, -0.25) is 0 Å². The lowest BCUT2D eigenvalue weighted by molar-refractivity contribution is 0.321. The number of nitrogens with one attached hydrogen (secondary N) is 1. The van der Waals surface area contributed by atoms with Crippen LogP contribution in [-0.4, -0.2) is 27.4 Å². The molecular formula is C16H30N4. The second kappa shape index (κ2) is 7.77. The van der Waals surface area contributed by atoms with Crippen LogP contribution in [0.15, 0.2) is 6.33 Å². The Morgan fingerprint density at radius 1 is 1.30 bits per heavy atom. The van der Waals surface area contributed by atoms with E-state index >= 15 is 0 Å². The highest BCUT2D eigenvalue weighted by Gasteiger charge is 2.25. The number of aromatic nitrogens is 3. The molecule has 4 heteroatoms. The van der Waals surface area contributed by atoms with Crippen LogP contribution in [0.25, 0.3) is 0 Å². The summed E-state index contributed by atoms with van der Waals surface area (Å²) in [6.45, 7) is 7.74. The van der Waals surface area contributed by atoms with Crippen LogP contribution >= 0.6 is 0 Å². The molecule has 0 bridgehead atoms. The molecule has 0 radical (unpaired) electrons. The lowest BCUT2D eigenvalue weighted by atomic mass is 9.91. The zero-order valence-electron chi connectivity index (χ0n) is 13.3.